The second-order valence-electron chi connectivity index (χ2n) is 6.80. The van der Waals surface area contributed by atoms with Crippen LogP contribution in [-0.4, -0.2) is 29.8 Å². The topological polar surface area (TPSA) is 83.5 Å². The van der Waals surface area contributed by atoms with Crippen molar-refractivity contribution in [2.75, 3.05) is 6.54 Å². The van der Waals surface area contributed by atoms with E-state index in [4.69, 9.17) is 5.11 Å². The summed E-state index contributed by atoms with van der Waals surface area (Å²) in [4.78, 5) is 32.2. The molecule has 146 valence electrons. The lowest BCUT2D eigenvalue weighted by Gasteiger charge is -2.05. The molecule has 0 aliphatic carbocycles. The van der Waals surface area contributed by atoms with Crippen molar-refractivity contribution in [2.24, 2.45) is 0 Å². The van der Waals surface area contributed by atoms with Crippen LogP contribution in [0.1, 0.15) is 103 Å². The second-order valence-corrected chi connectivity index (χ2v) is 6.80. The number of aldehydes is 1. The fourth-order valence-corrected chi connectivity index (χ4v) is 2.82. The summed E-state index contributed by atoms with van der Waals surface area (Å²) in [5.41, 5.74) is 0. The molecule has 0 rings (SSSR count). The number of rotatable bonds is 19. The number of amides is 1. The predicted molar refractivity (Wildman–Crippen MR) is 101 cm³/mol. The van der Waals surface area contributed by atoms with E-state index < -0.39 is 5.97 Å². The van der Waals surface area contributed by atoms with Crippen LogP contribution in [0.15, 0.2) is 0 Å². The molecule has 0 aromatic carbocycles. The first-order valence-corrected chi connectivity index (χ1v) is 10.1. The summed E-state index contributed by atoms with van der Waals surface area (Å²) in [6.07, 6.45) is 16.5. The standard InChI is InChI=1S/C20H37NO4/c22-18-14-10-5-3-1-2-4-7-11-15-19(23)21-17-13-9-6-8-12-16-20(24)25/h18H,1-17H2,(H,21,23)(H,24,25). The summed E-state index contributed by atoms with van der Waals surface area (Å²) in [6.45, 7) is 0.735. The molecule has 0 saturated heterocycles. The first-order valence-electron chi connectivity index (χ1n) is 10.1. The summed E-state index contributed by atoms with van der Waals surface area (Å²) >= 11 is 0. The van der Waals surface area contributed by atoms with Gasteiger partial charge in [0, 0.05) is 25.8 Å². The zero-order chi connectivity index (χ0) is 18.6. The van der Waals surface area contributed by atoms with Crippen molar-refractivity contribution in [3.63, 3.8) is 0 Å². The number of hydrogen-bond acceptors (Lipinski definition) is 3. The Bertz CT molecular complexity index is 345. The van der Waals surface area contributed by atoms with Gasteiger partial charge in [-0.3, -0.25) is 9.59 Å². The lowest BCUT2D eigenvalue weighted by molar-refractivity contribution is -0.137. The van der Waals surface area contributed by atoms with Crippen LogP contribution in [0, 0.1) is 0 Å². The van der Waals surface area contributed by atoms with Crippen molar-refractivity contribution in [1.82, 2.24) is 5.32 Å². The molecule has 0 heterocycles. The molecule has 0 aliphatic heterocycles. The van der Waals surface area contributed by atoms with Gasteiger partial charge >= 0.3 is 5.97 Å². The maximum Gasteiger partial charge on any atom is 0.303 e. The first kappa shape index (κ1) is 23.6. The van der Waals surface area contributed by atoms with Crippen LogP contribution < -0.4 is 5.32 Å². The van der Waals surface area contributed by atoms with Crippen LogP contribution in [0.5, 0.6) is 0 Å². The van der Waals surface area contributed by atoms with E-state index in [9.17, 15) is 14.4 Å². The summed E-state index contributed by atoms with van der Waals surface area (Å²) in [7, 11) is 0. The van der Waals surface area contributed by atoms with E-state index in [1.165, 1.54) is 25.7 Å². The van der Waals surface area contributed by atoms with Crippen molar-refractivity contribution < 1.29 is 19.5 Å². The number of hydrogen-bond donors (Lipinski definition) is 2. The minimum atomic E-state index is -0.721. The lowest BCUT2D eigenvalue weighted by Crippen LogP contribution is -2.23. The maximum absolute atomic E-state index is 11.7. The largest absolute Gasteiger partial charge is 0.481 e. The van der Waals surface area contributed by atoms with Crippen LogP contribution in [0.3, 0.4) is 0 Å². The predicted octanol–water partition coefficient (Wildman–Crippen LogP) is 4.63. The van der Waals surface area contributed by atoms with Gasteiger partial charge in [-0.05, 0) is 25.7 Å². The zero-order valence-electron chi connectivity index (χ0n) is 15.8. The van der Waals surface area contributed by atoms with E-state index in [1.54, 1.807) is 0 Å². The Morgan fingerprint density at radius 1 is 0.680 bits per heavy atom. The highest BCUT2D eigenvalue weighted by Crippen LogP contribution is 2.10. The van der Waals surface area contributed by atoms with Crippen LogP contribution in [0.2, 0.25) is 0 Å². The molecular formula is C20H37NO4. The van der Waals surface area contributed by atoms with Gasteiger partial charge in [0.25, 0.3) is 0 Å². The third kappa shape index (κ3) is 20.6. The highest BCUT2D eigenvalue weighted by atomic mass is 16.4. The summed E-state index contributed by atoms with van der Waals surface area (Å²) in [5, 5.41) is 11.5. The van der Waals surface area contributed by atoms with Gasteiger partial charge in [-0.1, -0.05) is 57.8 Å². The molecule has 5 heteroatoms. The quantitative estimate of drug-likeness (QED) is 0.261. The number of aliphatic carboxylic acids is 1. The highest BCUT2D eigenvalue weighted by molar-refractivity contribution is 5.75. The lowest BCUT2D eigenvalue weighted by atomic mass is 10.1. The van der Waals surface area contributed by atoms with Gasteiger partial charge in [-0.2, -0.15) is 0 Å². The molecule has 0 aromatic rings. The monoisotopic (exact) mass is 355 g/mol. The number of carbonyl (C=O) groups is 3. The Kier molecular flexibility index (Phi) is 17.9. The number of carboxylic acids is 1. The molecule has 0 fully saturated rings. The average molecular weight is 356 g/mol. The van der Waals surface area contributed by atoms with Gasteiger partial charge in [0.2, 0.25) is 5.91 Å². The summed E-state index contributed by atoms with van der Waals surface area (Å²) in [5.74, 6) is -0.568. The van der Waals surface area contributed by atoms with Gasteiger partial charge < -0.3 is 15.2 Å². The minimum absolute atomic E-state index is 0.153. The number of carbonyl (C=O) groups excluding carboxylic acids is 2. The molecule has 0 spiro atoms. The molecule has 5 nitrogen and oxygen atoms in total. The molecular weight excluding hydrogens is 318 g/mol. The van der Waals surface area contributed by atoms with E-state index >= 15 is 0 Å². The Morgan fingerprint density at radius 2 is 1.16 bits per heavy atom. The van der Waals surface area contributed by atoms with Crippen molar-refractivity contribution >= 4 is 18.2 Å². The van der Waals surface area contributed by atoms with Crippen molar-refractivity contribution in [3.05, 3.63) is 0 Å². The summed E-state index contributed by atoms with van der Waals surface area (Å²) < 4.78 is 0. The zero-order valence-corrected chi connectivity index (χ0v) is 15.8. The Labute approximate surface area is 153 Å². The third-order valence-electron chi connectivity index (χ3n) is 4.37. The van der Waals surface area contributed by atoms with Crippen LogP contribution >= 0.6 is 0 Å². The van der Waals surface area contributed by atoms with Crippen LogP contribution in [0.4, 0.5) is 0 Å². The van der Waals surface area contributed by atoms with E-state index in [-0.39, 0.29) is 12.3 Å². The molecule has 0 radical (unpaired) electrons. The van der Waals surface area contributed by atoms with Gasteiger partial charge in [0.05, 0.1) is 0 Å². The van der Waals surface area contributed by atoms with E-state index in [0.717, 1.165) is 70.6 Å². The molecule has 2 N–H and O–H groups in total. The number of unbranched alkanes of at least 4 members (excludes halogenated alkanes) is 12. The molecule has 0 saturated carbocycles. The molecule has 1 amide bonds. The fourth-order valence-electron chi connectivity index (χ4n) is 2.82. The molecule has 0 aromatic heterocycles. The van der Waals surface area contributed by atoms with Gasteiger partial charge in [0.15, 0.2) is 0 Å². The Balaban J connectivity index is 3.18. The van der Waals surface area contributed by atoms with E-state index in [0.29, 0.717) is 12.8 Å². The van der Waals surface area contributed by atoms with E-state index in [2.05, 4.69) is 5.32 Å². The maximum atomic E-state index is 11.7. The first-order chi connectivity index (χ1) is 12.2. The number of carboxylic acid groups (broad SMARTS) is 1. The molecule has 0 atom stereocenters. The SMILES string of the molecule is O=CCCCCCCCCCCC(=O)NCCCCCCCC(=O)O. The smallest absolute Gasteiger partial charge is 0.303 e. The van der Waals surface area contributed by atoms with Crippen LogP contribution in [0.25, 0.3) is 0 Å². The molecule has 25 heavy (non-hydrogen) atoms. The van der Waals surface area contributed by atoms with E-state index in [1.807, 2.05) is 0 Å². The third-order valence-corrected chi connectivity index (χ3v) is 4.37. The fraction of sp³-hybridized carbons (Fsp3) is 0.850. The normalized spacial score (nSPS) is 10.6. The Hall–Kier alpha value is -1.39. The Morgan fingerprint density at radius 3 is 1.72 bits per heavy atom. The van der Waals surface area contributed by atoms with Crippen molar-refractivity contribution in [1.29, 1.82) is 0 Å². The highest BCUT2D eigenvalue weighted by Gasteiger charge is 2.01. The average Bonchev–Trinajstić information content (AvgIpc) is 2.58. The van der Waals surface area contributed by atoms with Crippen LogP contribution in [-0.2, 0) is 14.4 Å². The molecule has 0 unspecified atom stereocenters. The molecule has 0 bridgehead atoms. The summed E-state index contributed by atoms with van der Waals surface area (Å²) in [6, 6.07) is 0. The second kappa shape index (κ2) is 18.9. The van der Waals surface area contributed by atoms with Crippen molar-refractivity contribution in [2.45, 2.75) is 103 Å². The molecule has 0 aliphatic rings. The van der Waals surface area contributed by atoms with Gasteiger partial charge in [-0.25, -0.2) is 0 Å². The van der Waals surface area contributed by atoms with Gasteiger partial charge in [-0.15, -0.1) is 0 Å². The minimum Gasteiger partial charge on any atom is -0.481 e. The van der Waals surface area contributed by atoms with Gasteiger partial charge in [0.1, 0.15) is 6.29 Å². The number of nitrogens with one attached hydrogen (secondary N) is 1. The van der Waals surface area contributed by atoms with Crippen molar-refractivity contribution in [3.8, 4) is 0 Å².